The SMILES string of the molecule is O=C(O)c1ccc(NCCC2CCCCO2)c(F)c1Br. The van der Waals surface area contributed by atoms with Crippen molar-refractivity contribution >= 4 is 27.6 Å². The van der Waals surface area contributed by atoms with E-state index < -0.39 is 11.8 Å². The zero-order chi connectivity index (χ0) is 14.5. The average molecular weight is 346 g/mol. The van der Waals surface area contributed by atoms with Crippen molar-refractivity contribution in [3.05, 3.63) is 28.0 Å². The molecule has 2 N–H and O–H groups in total. The molecule has 1 fully saturated rings. The second-order valence-corrected chi connectivity index (χ2v) is 5.59. The fourth-order valence-corrected chi connectivity index (χ4v) is 2.77. The largest absolute Gasteiger partial charge is 0.478 e. The van der Waals surface area contributed by atoms with Crippen molar-refractivity contribution < 1.29 is 19.0 Å². The fourth-order valence-electron chi connectivity index (χ4n) is 2.25. The van der Waals surface area contributed by atoms with E-state index in [9.17, 15) is 9.18 Å². The predicted molar refractivity (Wildman–Crippen MR) is 77.8 cm³/mol. The van der Waals surface area contributed by atoms with Gasteiger partial charge in [-0.3, -0.25) is 0 Å². The first-order valence-corrected chi connectivity index (χ1v) is 7.45. The molecule has 1 aromatic carbocycles. The van der Waals surface area contributed by atoms with Gasteiger partial charge < -0.3 is 15.2 Å². The Morgan fingerprint density at radius 3 is 2.95 bits per heavy atom. The van der Waals surface area contributed by atoms with Crippen LogP contribution in [0.3, 0.4) is 0 Å². The van der Waals surface area contributed by atoms with Gasteiger partial charge >= 0.3 is 5.97 Å². The topological polar surface area (TPSA) is 58.6 Å². The molecule has 1 heterocycles. The van der Waals surface area contributed by atoms with Gasteiger partial charge in [-0.25, -0.2) is 9.18 Å². The number of hydrogen-bond donors (Lipinski definition) is 2. The van der Waals surface area contributed by atoms with Crippen LogP contribution >= 0.6 is 15.9 Å². The van der Waals surface area contributed by atoms with E-state index in [1.807, 2.05) is 0 Å². The maximum atomic E-state index is 14.0. The monoisotopic (exact) mass is 345 g/mol. The van der Waals surface area contributed by atoms with Crippen molar-refractivity contribution in [2.75, 3.05) is 18.5 Å². The standard InChI is InChI=1S/C14H17BrFNO3/c15-12-10(14(18)19)4-5-11(13(12)16)17-7-6-9-3-1-2-8-20-9/h4-5,9,17H,1-3,6-8H2,(H,18,19). The molecule has 1 aliphatic heterocycles. The first-order chi connectivity index (χ1) is 9.59. The number of rotatable bonds is 5. The Bertz CT molecular complexity index is 490. The highest BCUT2D eigenvalue weighted by Gasteiger charge is 2.17. The van der Waals surface area contributed by atoms with Gasteiger partial charge in [-0.1, -0.05) is 0 Å². The highest BCUT2D eigenvalue weighted by molar-refractivity contribution is 9.10. The molecule has 4 nitrogen and oxygen atoms in total. The predicted octanol–water partition coefficient (Wildman–Crippen LogP) is 3.66. The molecule has 0 amide bonds. The minimum absolute atomic E-state index is 0.0242. The minimum Gasteiger partial charge on any atom is -0.478 e. The Morgan fingerprint density at radius 2 is 2.30 bits per heavy atom. The van der Waals surface area contributed by atoms with Crippen LogP contribution in [0.4, 0.5) is 10.1 Å². The maximum absolute atomic E-state index is 14.0. The van der Waals surface area contributed by atoms with Crippen LogP contribution in [-0.2, 0) is 4.74 Å². The van der Waals surface area contributed by atoms with Crippen LogP contribution in [0.2, 0.25) is 0 Å². The summed E-state index contributed by atoms with van der Waals surface area (Å²) in [6.07, 6.45) is 4.39. The average Bonchev–Trinajstić information content (AvgIpc) is 2.44. The molecule has 1 atom stereocenters. The van der Waals surface area contributed by atoms with Gasteiger partial charge in [-0.05, 0) is 53.7 Å². The molecule has 1 aromatic rings. The lowest BCUT2D eigenvalue weighted by atomic mass is 10.1. The first-order valence-electron chi connectivity index (χ1n) is 6.66. The Kier molecular flexibility index (Phi) is 5.37. The van der Waals surface area contributed by atoms with Crippen LogP contribution in [0, 0.1) is 5.82 Å². The number of aromatic carboxylic acids is 1. The van der Waals surface area contributed by atoms with Gasteiger partial charge in [0.15, 0.2) is 5.82 Å². The third-order valence-electron chi connectivity index (χ3n) is 3.37. The van der Waals surface area contributed by atoms with Gasteiger partial charge in [0.25, 0.3) is 0 Å². The maximum Gasteiger partial charge on any atom is 0.336 e. The molecule has 1 unspecified atom stereocenters. The highest BCUT2D eigenvalue weighted by atomic mass is 79.9. The van der Waals surface area contributed by atoms with E-state index in [0.29, 0.717) is 12.2 Å². The quantitative estimate of drug-likeness (QED) is 0.854. The van der Waals surface area contributed by atoms with Crippen molar-refractivity contribution in [1.82, 2.24) is 0 Å². The number of halogens is 2. The van der Waals surface area contributed by atoms with E-state index in [1.165, 1.54) is 18.6 Å². The van der Waals surface area contributed by atoms with Gasteiger partial charge in [-0.15, -0.1) is 0 Å². The third-order valence-corrected chi connectivity index (χ3v) is 4.14. The van der Waals surface area contributed by atoms with Crippen molar-refractivity contribution in [2.24, 2.45) is 0 Å². The molecular formula is C14H17BrFNO3. The lowest BCUT2D eigenvalue weighted by molar-refractivity contribution is 0.0134. The molecule has 0 radical (unpaired) electrons. The van der Waals surface area contributed by atoms with E-state index in [4.69, 9.17) is 9.84 Å². The summed E-state index contributed by atoms with van der Waals surface area (Å²) in [6.45, 7) is 1.40. The van der Waals surface area contributed by atoms with Crippen LogP contribution in [0.15, 0.2) is 16.6 Å². The third kappa shape index (κ3) is 3.70. The number of carboxylic acid groups (broad SMARTS) is 1. The van der Waals surface area contributed by atoms with Crippen molar-refractivity contribution in [1.29, 1.82) is 0 Å². The summed E-state index contributed by atoms with van der Waals surface area (Å²) in [5, 5.41) is 11.9. The molecular weight excluding hydrogens is 329 g/mol. The smallest absolute Gasteiger partial charge is 0.336 e. The van der Waals surface area contributed by atoms with E-state index in [-0.39, 0.29) is 16.1 Å². The lowest BCUT2D eigenvalue weighted by Crippen LogP contribution is -2.22. The number of carbonyl (C=O) groups is 1. The van der Waals surface area contributed by atoms with E-state index in [2.05, 4.69) is 21.2 Å². The summed E-state index contributed by atoms with van der Waals surface area (Å²) in [5.41, 5.74) is 0.223. The summed E-state index contributed by atoms with van der Waals surface area (Å²) in [5.74, 6) is -1.73. The molecule has 0 spiro atoms. The van der Waals surface area contributed by atoms with Crippen molar-refractivity contribution in [3.63, 3.8) is 0 Å². The molecule has 1 saturated heterocycles. The van der Waals surface area contributed by atoms with Gasteiger partial charge in [-0.2, -0.15) is 0 Å². The van der Waals surface area contributed by atoms with Gasteiger partial charge in [0.1, 0.15) is 0 Å². The first kappa shape index (κ1) is 15.3. The Labute approximate surface area is 125 Å². The van der Waals surface area contributed by atoms with Crippen molar-refractivity contribution in [3.8, 4) is 0 Å². The van der Waals surface area contributed by atoms with Crippen molar-refractivity contribution in [2.45, 2.75) is 31.8 Å². The molecule has 0 saturated carbocycles. The zero-order valence-electron chi connectivity index (χ0n) is 11.0. The number of ether oxygens (including phenoxy) is 1. The van der Waals surface area contributed by atoms with Crippen LogP contribution in [0.25, 0.3) is 0 Å². The number of anilines is 1. The summed E-state index contributed by atoms with van der Waals surface area (Å²) >= 11 is 2.98. The van der Waals surface area contributed by atoms with E-state index in [1.54, 1.807) is 0 Å². The number of nitrogens with one attached hydrogen (secondary N) is 1. The van der Waals surface area contributed by atoms with Crippen LogP contribution < -0.4 is 5.32 Å². The molecule has 2 rings (SSSR count). The zero-order valence-corrected chi connectivity index (χ0v) is 12.6. The molecule has 6 heteroatoms. The van der Waals surface area contributed by atoms with Crippen LogP contribution in [0.1, 0.15) is 36.0 Å². The number of hydrogen-bond acceptors (Lipinski definition) is 3. The second-order valence-electron chi connectivity index (χ2n) is 4.80. The Balaban J connectivity index is 1.92. The molecule has 1 aliphatic rings. The fraction of sp³-hybridized carbons (Fsp3) is 0.500. The second kappa shape index (κ2) is 7.04. The number of benzene rings is 1. The van der Waals surface area contributed by atoms with Crippen LogP contribution in [0.5, 0.6) is 0 Å². The minimum atomic E-state index is -1.15. The van der Waals surface area contributed by atoms with E-state index >= 15 is 0 Å². The van der Waals surface area contributed by atoms with Gasteiger partial charge in [0.05, 0.1) is 21.8 Å². The molecule has 0 aromatic heterocycles. The Hall–Kier alpha value is -1.14. The Morgan fingerprint density at radius 1 is 1.50 bits per heavy atom. The lowest BCUT2D eigenvalue weighted by Gasteiger charge is -2.22. The molecule has 0 bridgehead atoms. The normalized spacial score (nSPS) is 18.8. The van der Waals surface area contributed by atoms with Crippen LogP contribution in [-0.4, -0.2) is 30.3 Å². The van der Waals surface area contributed by atoms with E-state index in [0.717, 1.165) is 25.9 Å². The van der Waals surface area contributed by atoms with Gasteiger partial charge in [0.2, 0.25) is 0 Å². The van der Waals surface area contributed by atoms with Gasteiger partial charge in [0, 0.05) is 13.2 Å². The number of carboxylic acids is 1. The summed E-state index contributed by atoms with van der Waals surface area (Å²) < 4.78 is 19.6. The highest BCUT2D eigenvalue weighted by Crippen LogP contribution is 2.27. The molecule has 110 valence electrons. The summed E-state index contributed by atoms with van der Waals surface area (Å²) in [6, 6.07) is 2.83. The molecule has 20 heavy (non-hydrogen) atoms. The summed E-state index contributed by atoms with van der Waals surface area (Å²) in [4.78, 5) is 10.9. The molecule has 0 aliphatic carbocycles. The summed E-state index contributed by atoms with van der Waals surface area (Å²) in [7, 11) is 0.